The summed E-state index contributed by atoms with van der Waals surface area (Å²) in [6.07, 6.45) is 5.59. The summed E-state index contributed by atoms with van der Waals surface area (Å²) >= 11 is 0. The van der Waals surface area contributed by atoms with Crippen LogP contribution < -0.4 is 20.7 Å². The van der Waals surface area contributed by atoms with Gasteiger partial charge in [-0.25, -0.2) is 4.79 Å². The molecule has 2 bridgehead atoms. The Bertz CT molecular complexity index is 632. The predicted molar refractivity (Wildman–Crippen MR) is 101 cm³/mol. The average Bonchev–Trinajstić information content (AvgIpc) is 3.25. The van der Waals surface area contributed by atoms with Crippen molar-refractivity contribution in [1.82, 2.24) is 10.6 Å². The maximum Gasteiger partial charge on any atom is 0.319 e. The summed E-state index contributed by atoms with van der Waals surface area (Å²) in [6, 6.07) is 7.00. The predicted octanol–water partition coefficient (Wildman–Crippen LogP) is 3.15. The summed E-state index contributed by atoms with van der Waals surface area (Å²) in [5, 5.41) is 8.57. The Morgan fingerprint density at radius 3 is 2.58 bits per heavy atom. The van der Waals surface area contributed by atoms with Gasteiger partial charge in [0.05, 0.1) is 7.11 Å². The molecule has 3 amide bonds. The number of carbonyl (C=O) groups is 2. The molecule has 2 saturated carbocycles. The lowest BCUT2D eigenvalue weighted by Gasteiger charge is -2.28. The SMILES string of the molecule is COc1ccc(NC(=O)NCCC(=O)N[C@@H](C)[C@H]2C[C@H]3CC[C@H]2C3)cc1. The highest BCUT2D eigenvalue weighted by Crippen LogP contribution is 2.49. The average molecular weight is 359 g/mol. The van der Waals surface area contributed by atoms with Crippen molar-refractivity contribution in [3.8, 4) is 5.75 Å². The van der Waals surface area contributed by atoms with Crippen LogP contribution in [-0.2, 0) is 4.79 Å². The van der Waals surface area contributed by atoms with E-state index < -0.39 is 0 Å². The Balaban J connectivity index is 1.33. The third-order valence-corrected chi connectivity index (χ3v) is 5.81. The smallest absolute Gasteiger partial charge is 0.319 e. The van der Waals surface area contributed by atoms with E-state index in [1.807, 2.05) is 0 Å². The van der Waals surface area contributed by atoms with Crippen molar-refractivity contribution >= 4 is 17.6 Å². The van der Waals surface area contributed by atoms with Gasteiger partial charge in [0.15, 0.2) is 0 Å². The van der Waals surface area contributed by atoms with E-state index in [9.17, 15) is 9.59 Å². The summed E-state index contributed by atoms with van der Waals surface area (Å²) in [5.74, 6) is 3.04. The molecule has 1 aromatic carbocycles. The Morgan fingerprint density at radius 2 is 1.96 bits per heavy atom. The molecule has 4 atom stereocenters. The number of carbonyl (C=O) groups excluding carboxylic acids is 2. The number of fused-ring (bicyclic) bond motifs is 2. The number of amides is 3. The van der Waals surface area contributed by atoms with E-state index in [0.29, 0.717) is 24.6 Å². The second-order valence-electron chi connectivity index (χ2n) is 7.55. The van der Waals surface area contributed by atoms with Gasteiger partial charge in [-0.2, -0.15) is 0 Å². The lowest BCUT2D eigenvalue weighted by atomic mass is 9.84. The van der Waals surface area contributed by atoms with Crippen LogP contribution in [0, 0.1) is 17.8 Å². The molecule has 2 fully saturated rings. The number of ether oxygens (including phenoxy) is 1. The van der Waals surface area contributed by atoms with E-state index in [-0.39, 0.29) is 18.0 Å². The van der Waals surface area contributed by atoms with Crippen LogP contribution in [0.2, 0.25) is 0 Å². The van der Waals surface area contributed by atoms with Gasteiger partial charge < -0.3 is 20.7 Å². The number of nitrogens with one attached hydrogen (secondary N) is 3. The largest absolute Gasteiger partial charge is 0.497 e. The van der Waals surface area contributed by atoms with Crippen LogP contribution >= 0.6 is 0 Å². The van der Waals surface area contributed by atoms with Crippen molar-refractivity contribution in [1.29, 1.82) is 0 Å². The molecule has 0 radical (unpaired) electrons. The number of hydrogen-bond donors (Lipinski definition) is 3. The van der Waals surface area contributed by atoms with E-state index >= 15 is 0 Å². The van der Waals surface area contributed by atoms with Crippen LogP contribution in [0.4, 0.5) is 10.5 Å². The molecular formula is C20H29N3O3. The van der Waals surface area contributed by atoms with Gasteiger partial charge in [0, 0.05) is 24.7 Å². The van der Waals surface area contributed by atoms with E-state index in [2.05, 4.69) is 22.9 Å². The van der Waals surface area contributed by atoms with Crippen molar-refractivity contribution in [3.63, 3.8) is 0 Å². The highest BCUT2D eigenvalue weighted by Gasteiger charge is 2.42. The molecule has 0 spiro atoms. The standard InChI is InChI=1S/C20H29N3O3/c1-13(18-12-14-3-4-15(18)11-14)22-19(24)9-10-21-20(25)23-16-5-7-17(26-2)8-6-16/h5-8,13-15,18H,3-4,9-12H2,1-2H3,(H,22,24)(H2,21,23,25)/t13-,14-,15-,18+/m0/s1. The molecule has 6 heteroatoms. The maximum atomic E-state index is 12.1. The van der Waals surface area contributed by atoms with Crippen LogP contribution in [0.3, 0.4) is 0 Å². The van der Waals surface area contributed by atoms with Crippen LogP contribution in [0.25, 0.3) is 0 Å². The summed E-state index contributed by atoms with van der Waals surface area (Å²) < 4.78 is 5.08. The number of hydrogen-bond acceptors (Lipinski definition) is 3. The Labute approximate surface area is 155 Å². The molecule has 2 aliphatic carbocycles. The van der Waals surface area contributed by atoms with Crippen molar-refractivity contribution in [2.45, 2.75) is 45.1 Å². The monoisotopic (exact) mass is 359 g/mol. The molecule has 1 aromatic rings. The van der Waals surface area contributed by atoms with Gasteiger partial charge in [-0.3, -0.25) is 4.79 Å². The lowest BCUT2D eigenvalue weighted by Crippen LogP contribution is -2.41. The number of rotatable bonds is 7. The molecule has 0 unspecified atom stereocenters. The third kappa shape index (κ3) is 4.68. The van der Waals surface area contributed by atoms with E-state index in [0.717, 1.165) is 17.6 Å². The second-order valence-corrected chi connectivity index (χ2v) is 7.55. The number of benzene rings is 1. The van der Waals surface area contributed by atoms with Gasteiger partial charge in [-0.15, -0.1) is 0 Å². The summed E-state index contributed by atoms with van der Waals surface area (Å²) in [5.41, 5.74) is 0.678. The van der Waals surface area contributed by atoms with Crippen molar-refractivity contribution < 1.29 is 14.3 Å². The number of urea groups is 1. The molecule has 3 N–H and O–H groups in total. The van der Waals surface area contributed by atoms with E-state index in [1.165, 1.54) is 25.7 Å². The fourth-order valence-corrected chi connectivity index (χ4v) is 4.48. The van der Waals surface area contributed by atoms with E-state index in [4.69, 9.17) is 4.74 Å². The zero-order chi connectivity index (χ0) is 18.5. The second kappa shape index (κ2) is 8.43. The molecule has 0 aliphatic heterocycles. The Hall–Kier alpha value is -2.24. The fourth-order valence-electron chi connectivity index (χ4n) is 4.48. The first-order valence-corrected chi connectivity index (χ1v) is 9.53. The fraction of sp³-hybridized carbons (Fsp3) is 0.600. The van der Waals surface area contributed by atoms with Gasteiger partial charge in [-0.05, 0) is 68.2 Å². The van der Waals surface area contributed by atoms with Crippen LogP contribution in [-0.4, -0.2) is 31.6 Å². The summed E-state index contributed by atoms with van der Waals surface area (Å²) in [6.45, 7) is 2.43. The first-order valence-electron chi connectivity index (χ1n) is 9.53. The zero-order valence-corrected chi connectivity index (χ0v) is 15.6. The first-order chi connectivity index (χ1) is 12.5. The summed E-state index contributed by atoms with van der Waals surface area (Å²) in [7, 11) is 1.60. The molecule has 26 heavy (non-hydrogen) atoms. The van der Waals surface area contributed by atoms with Gasteiger partial charge in [0.2, 0.25) is 5.91 Å². The quantitative estimate of drug-likeness (QED) is 0.700. The molecule has 6 nitrogen and oxygen atoms in total. The van der Waals surface area contributed by atoms with Crippen molar-refractivity contribution in [2.75, 3.05) is 19.0 Å². The molecule has 0 saturated heterocycles. The van der Waals surface area contributed by atoms with Crippen LogP contribution in [0.5, 0.6) is 5.75 Å². The highest BCUT2D eigenvalue weighted by atomic mass is 16.5. The van der Waals surface area contributed by atoms with Gasteiger partial charge in [-0.1, -0.05) is 6.42 Å². The molecular weight excluding hydrogens is 330 g/mol. The molecule has 0 heterocycles. The van der Waals surface area contributed by atoms with Crippen LogP contribution in [0.1, 0.15) is 39.0 Å². The molecule has 3 rings (SSSR count). The molecule has 2 aliphatic rings. The number of methoxy groups -OCH3 is 1. The van der Waals surface area contributed by atoms with Gasteiger partial charge >= 0.3 is 6.03 Å². The Kier molecular flexibility index (Phi) is 6.01. The maximum absolute atomic E-state index is 12.1. The molecule has 0 aromatic heterocycles. The highest BCUT2D eigenvalue weighted by molar-refractivity contribution is 5.89. The molecule has 142 valence electrons. The topological polar surface area (TPSA) is 79.5 Å². The number of anilines is 1. The minimum absolute atomic E-state index is 0.00465. The van der Waals surface area contributed by atoms with Crippen molar-refractivity contribution in [2.24, 2.45) is 17.8 Å². The zero-order valence-electron chi connectivity index (χ0n) is 15.6. The van der Waals surface area contributed by atoms with E-state index in [1.54, 1.807) is 31.4 Å². The minimum Gasteiger partial charge on any atom is -0.497 e. The van der Waals surface area contributed by atoms with Gasteiger partial charge in [0.25, 0.3) is 0 Å². The lowest BCUT2D eigenvalue weighted by molar-refractivity contribution is -0.122. The van der Waals surface area contributed by atoms with Crippen molar-refractivity contribution in [3.05, 3.63) is 24.3 Å². The Morgan fingerprint density at radius 1 is 1.19 bits per heavy atom. The first kappa shape index (κ1) is 18.5. The van der Waals surface area contributed by atoms with Crippen LogP contribution in [0.15, 0.2) is 24.3 Å². The minimum atomic E-state index is -0.316. The normalized spacial score (nSPS) is 24.8. The van der Waals surface area contributed by atoms with Gasteiger partial charge in [0.1, 0.15) is 5.75 Å². The third-order valence-electron chi connectivity index (χ3n) is 5.81. The summed E-state index contributed by atoms with van der Waals surface area (Å²) in [4.78, 5) is 24.0.